The molecular weight excluding hydrogens is 318 g/mol. The Morgan fingerprint density at radius 1 is 0.960 bits per heavy atom. The van der Waals surface area contributed by atoms with Crippen molar-refractivity contribution in [1.29, 1.82) is 0 Å². The summed E-state index contributed by atoms with van der Waals surface area (Å²) < 4.78 is 30.5. The third-order valence-electron chi connectivity index (χ3n) is 4.25. The number of rotatable bonds is 5. The average molecular weight is 338 g/mol. The standard InChI is InChI=1S/C22H20F2O/c1-3-5-17-10-11-19-14-18(16-8-6-15(4-2)7-9-16)12-13-20(19)21(17)25-22(23)24/h3,5-14,22H,4H2,1-2H3/b5-3+. The van der Waals surface area contributed by atoms with Crippen LogP contribution in [0.1, 0.15) is 25.0 Å². The van der Waals surface area contributed by atoms with Crippen molar-refractivity contribution in [1.82, 2.24) is 0 Å². The lowest BCUT2D eigenvalue weighted by molar-refractivity contribution is -0.0489. The molecule has 3 aromatic rings. The second-order valence-corrected chi connectivity index (χ2v) is 5.85. The maximum atomic E-state index is 12.8. The van der Waals surface area contributed by atoms with Gasteiger partial charge in [-0.1, -0.05) is 67.6 Å². The molecule has 0 saturated carbocycles. The first kappa shape index (κ1) is 17.2. The highest BCUT2D eigenvalue weighted by atomic mass is 19.3. The van der Waals surface area contributed by atoms with E-state index in [1.165, 1.54) is 5.56 Å². The van der Waals surface area contributed by atoms with Crippen LogP contribution in [0, 0.1) is 0 Å². The second kappa shape index (κ2) is 7.47. The van der Waals surface area contributed by atoms with Gasteiger partial charge in [-0.25, -0.2) is 0 Å². The molecule has 0 unspecified atom stereocenters. The molecule has 0 atom stereocenters. The van der Waals surface area contributed by atoms with Crippen molar-refractivity contribution in [3.05, 3.63) is 71.8 Å². The third kappa shape index (κ3) is 3.71. The van der Waals surface area contributed by atoms with Gasteiger partial charge in [0, 0.05) is 10.9 Å². The second-order valence-electron chi connectivity index (χ2n) is 5.85. The Balaban J connectivity index is 2.09. The Labute approximate surface area is 146 Å². The largest absolute Gasteiger partial charge is 0.434 e. The summed E-state index contributed by atoms with van der Waals surface area (Å²) >= 11 is 0. The number of fused-ring (bicyclic) bond motifs is 1. The predicted octanol–water partition coefficient (Wildman–Crippen LogP) is 6.70. The van der Waals surface area contributed by atoms with Gasteiger partial charge in [0.2, 0.25) is 0 Å². The van der Waals surface area contributed by atoms with Gasteiger partial charge in [-0.05, 0) is 41.5 Å². The molecule has 0 aliphatic carbocycles. The summed E-state index contributed by atoms with van der Waals surface area (Å²) in [5, 5.41) is 1.56. The van der Waals surface area contributed by atoms with Crippen molar-refractivity contribution >= 4 is 16.8 Å². The van der Waals surface area contributed by atoms with E-state index in [-0.39, 0.29) is 5.75 Å². The van der Waals surface area contributed by atoms with Crippen molar-refractivity contribution in [2.45, 2.75) is 26.9 Å². The summed E-state index contributed by atoms with van der Waals surface area (Å²) in [7, 11) is 0. The van der Waals surface area contributed by atoms with Gasteiger partial charge in [0.25, 0.3) is 0 Å². The van der Waals surface area contributed by atoms with E-state index in [1.54, 1.807) is 6.08 Å². The van der Waals surface area contributed by atoms with Crippen molar-refractivity contribution in [3.8, 4) is 16.9 Å². The van der Waals surface area contributed by atoms with E-state index in [2.05, 4.69) is 31.2 Å². The van der Waals surface area contributed by atoms with Gasteiger partial charge in [-0.2, -0.15) is 8.78 Å². The van der Waals surface area contributed by atoms with Crippen LogP contribution in [-0.2, 0) is 6.42 Å². The molecule has 0 amide bonds. The number of halogens is 2. The smallest absolute Gasteiger partial charge is 0.387 e. The fourth-order valence-electron chi connectivity index (χ4n) is 2.96. The van der Waals surface area contributed by atoms with Crippen LogP contribution in [-0.4, -0.2) is 6.61 Å². The first-order chi connectivity index (χ1) is 12.1. The molecule has 128 valence electrons. The highest BCUT2D eigenvalue weighted by Crippen LogP contribution is 2.34. The third-order valence-corrected chi connectivity index (χ3v) is 4.25. The molecule has 0 bridgehead atoms. The maximum absolute atomic E-state index is 12.8. The van der Waals surface area contributed by atoms with Gasteiger partial charge in [-0.15, -0.1) is 0 Å². The predicted molar refractivity (Wildman–Crippen MR) is 100 cm³/mol. The molecule has 3 rings (SSSR count). The van der Waals surface area contributed by atoms with E-state index in [0.717, 1.165) is 22.9 Å². The number of allylic oxidation sites excluding steroid dienone is 1. The average Bonchev–Trinajstić information content (AvgIpc) is 2.63. The Morgan fingerprint density at radius 2 is 1.68 bits per heavy atom. The first-order valence-electron chi connectivity index (χ1n) is 8.36. The molecule has 0 aliphatic rings. The molecule has 0 fully saturated rings. The molecule has 0 spiro atoms. The van der Waals surface area contributed by atoms with Crippen LogP contribution in [0.5, 0.6) is 5.75 Å². The first-order valence-corrected chi connectivity index (χ1v) is 8.36. The Bertz CT molecular complexity index is 896. The molecular formula is C22H20F2O. The molecule has 0 aromatic heterocycles. The van der Waals surface area contributed by atoms with E-state index in [9.17, 15) is 8.78 Å². The van der Waals surface area contributed by atoms with E-state index in [0.29, 0.717) is 10.9 Å². The zero-order valence-corrected chi connectivity index (χ0v) is 14.3. The van der Waals surface area contributed by atoms with E-state index >= 15 is 0 Å². The molecule has 3 aromatic carbocycles. The lowest BCUT2D eigenvalue weighted by Crippen LogP contribution is -2.04. The summed E-state index contributed by atoms with van der Waals surface area (Å²) in [5.74, 6) is 0.221. The number of hydrogen-bond acceptors (Lipinski definition) is 1. The van der Waals surface area contributed by atoms with Crippen molar-refractivity contribution in [2.75, 3.05) is 0 Å². The fourth-order valence-corrected chi connectivity index (χ4v) is 2.96. The summed E-state index contributed by atoms with van der Waals surface area (Å²) in [6.07, 6.45) is 4.58. The van der Waals surface area contributed by atoms with Crippen LogP contribution in [0.3, 0.4) is 0 Å². The number of alkyl halides is 2. The molecule has 0 aliphatic heterocycles. The number of hydrogen-bond donors (Lipinski definition) is 0. The molecule has 0 saturated heterocycles. The maximum Gasteiger partial charge on any atom is 0.387 e. The minimum absolute atomic E-state index is 0.221. The van der Waals surface area contributed by atoms with Crippen LogP contribution >= 0.6 is 0 Å². The fraction of sp³-hybridized carbons (Fsp3) is 0.182. The van der Waals surface area contributed by atoms with E-state index in [4.69, 9.17) is 4.74 Å². The summed E-state index contributed by atoms with van der Waals surface area (Å²) in [6, 6.07) is 17.9. The van der Waals surface area contributed by atoms with Crippen LogP contribution in [0.4, 0.5) is 8.78 Å². The van der Waals surface area contributed by atoms with E-state index in [1.807, 2.05) is 43.3 Å². The minimum atomic E-state index is -2.85. The van der Waals surface area contributed by atoms with Crippen LogP contribution in [0.15, 0.2) is 60.7 Å². The molecule has 25 heavy (non-hydrogen) atoms. The van der Waals surface area contributed by atoms with Gasteiger partial charge in [0.1, 0.15) is 5.75 Å². The van der Waals surface area contributed by atoms with Gasteiger partial charge in [0.05, 0.1) is 0 Å². The molecule has 3 heteroatoms. The van der Waals surface area contributed by atoms with Crippen molar-refractivity contribution in [2.24, 2.45) is 0 Å². The normalized spacial score (nSPS) is 11.6. The number of aryl methyl sites for hydroxylation is 1. The van der Waals surface area contributed by atoms with Gasteiger partial charge in [-0.3, -0.25) is 0 Å². The van der Waals surface area contributed by atoms with Crippen molar-refractivity contribution < 1.29 is 13.5 Å². The topological polar surface area (TPSA) is 9.23 Å². The highest BCUT2D eigenvalue weighted by Gasteiger charge is 2.13. The zero-order chi connectivity index (χ0) is 17.8. The van der Waals surface area contributed by atoms with Crippen LogP contribution in [0.2, 0.25) is 0 Å². The van der Waals surface area contributed by atoms with Gasteiger partial charge >= 0.3 is 6.61 Å². The summed E-state index contributed by atoms with van der Waals surface area (Å²) in [4.78, 5) is 0. The van der Waals surface area contributed by atoms with Gasteiger partial charge < -0.3 is 4.74 Å². The van der Waals surface area contributed by atoms with Crippen molar-refractivity contribution in [3.63, 3.8) is 0 Å². The lowest BCUT2D eigenvalue weighted by atomic mass is 9.98. The lowest BCUT2D eigenvalue weighted by Gasteiger charge is -2.13. The van der Waals surface area contributed by atoms with Crippen LogP contribution < -0.4 is 4.74 Å². The highest BCUT2D eigenvalue weighted by molar-refractivity contribution is 5.94. The van der Waals surface area contributed by atoms with E-state index < -0.39 is 6.61 Å². The quantitative estimate of drug-likeness (QED) is 0.503. The molecule has 0 radical (unpaired) electrons. The van der Waals surface area contributed by atoms with Gasteiger partial charge in [0.15, 0.2) is 0 Å². The molecule has 0 N–H and O–H groups in total. The summed E-state index contributed by atoms with van der Waals surface area (Å²) in [5.41, 5.74) is 4.09. The summed E-state index contributed by atoms with van der Waals surface area (Å²) in [6.45, 7) is 1.12. The molecule has 0 heterocycles. The minimum Gasteiger partial charge on any atom is -0.434 e. The Kier molecular flexibility index (Phi) is 5.13. The Hall–Kier alpha value is -2.68. The monoisotopic (exact) mass is 338 g/mol. The SMILES string of the molecule is C/C=C/c1ccc2cc(-c3ccc(CC)cc3)ccc2c1OC(F)F. The number of benzene rings is 3. The number of ether oxygens (including phenoxy) is 1. The Morgan fingerprint density at radius 3 is 2.32 bits per heavy atom. The zero-order valence-electron chi connectivity index (χ0n) is 14.3. The van der Waals surface area contributed by atoms with Crippen LogP contribution in [0.25, 0.3) is 28.0 Å². The molecule has 1 nitrogen and oxygen atoms in total.